The second kappa shape index (κ2) is 9.76. The van der Waals surface area contributed by atoms with Crippen molar-refractivity contribution in [2.75, 3.05) is 28.4 Å². The Balaban J connectivity index is 3.31. The maximum absolute atomic E-state index is 11.5. The van der Waals surface area contributed by atoms with Gasteiger partial charge in [-0.15, -0.1) is 0 Å². The molecule has 0 aliphatic rings. The molecule has 1 aromatic carbocycles. The van der Waals surface area contributed by atoms with E-state index >= 15 is 0 Å². The van der Waals surface area contributed by atoms with Crippen molar-refractivity contribution < 1.29 is 28.7 Å². The van der Waals surface area contributed by atoms with Crippen molar-refractivity contribution in [3.63, 3.8) is 0 Å². The minimum Gasteiger partial charge on any atom is -0.496 e. The fourth-order valence-electron chi connectivity index (χ4n) is 2.63. The van der Waals surface area contributed by atoms with Crippen LogP contribution in [0.3, 0.4) is 0 Å². The van der Waals surface area contributed by atoms with Gasteiger partial charge in [0.05, 0.1) is 44.3 Å². The lowest BCUT2D eigenvalue weighted by atomic mass is 9.94. The lowest BCUT2D eigenvalue weighted by Gasteiger charge is -2.23. The summed E-state index contributed by atoms with van der Waals surface area (Å²) in [5, 5.41) is 11.4. The van der Waals surface area contributed by atoms with Gasteiger partial charge in [-0.3, -0.25) is 14.9 Å². The van der Waals surface area contributed by atoms with Crippen LogP contribution in [0.15, 0.2) is 24.3 Å². The van der Waals surface area contributed by atoms with Gasteiger partial charge in [0, 0.05) is 18.6 Å². The zero-order valence-corrected chi connectivity index (χ0v) is 15.8. The molecule has 0 unspecified atom stereocenters. The standard InChI is InChI=1S/C18H25NO7/c1-11(7-8-12(2)18(20)26-6)16(24-4)14-9-13(23-3)10-15(19(21)22)17(14)25-5/h7-12,16H,1-6H3/b8-7+/t11-,12+,16+/m1/s1. The van der Waals surface area contributed by atoms with Crippen LogP contribution in [0, 0.1) is 22.0 Å². The molecule has 0 heterocycles. The van der Waals surface area contributed by atoms with E-state index in [-0.39, 0.29) is 23.3 Å². The molecule has 26 heavy (non-hydrogen) atoms. The Morgan fingerprint density at radius 3 is 2.23 bits per heavy atom. The van der Waals surface area contributed by atoms with Crippen molar-refractivity contribution in [1.82, 2.24) is 0 Å². The van der Waals surface area contributed by atoms with Gasteiger partial charge < -0.3 is 18.9 Å². The van der Waals surface area contributed by atoms with E-state index in [1.165, 1.54) is 34.5 Å². The normalized spacial score (nSPS) is 14.5. The Morgan fingerprint density at radius 2 is 1.77 bits per heavy atom. The Hall–Kier alpha value is -2.61. The predicted molar refractivity (Wildman–Crippen MR) is 95.4 cm³/mol. The highest BCUT2D eigenvalue weighted by Gasteiger charge is 2.28. The van der Waals surface area contributed by atoms with Crippen LogP contribution in [0.4, 0.5) is 5.69 Å². The summed E-state index contributed by atoms with van der Waals surface area (Å²) in [6.07, 6.45) is 2.98. The van der Waals surface area contributed by atoms with Crippen LogP contribution in [-0.4, -0.2) is 39.3 Å². The molecular weight excluding hydrogens is 342 g/mol. The van der Waals surface area contributed by atoms with Crippen molar-refractivity contribution in [1.29, 1.82) is 0 Å². The topological polar surface area (TPSA) is 97.1 Å². The van der Waals surface area contributed by atoms with Gasteiger partial charge >= 0.3 is 11.7 Å². The number of nitrogens with zero attached hydrogens (tertiary/aromatic N) is 1. The number of methoxy groups -OCH3 is 4. The van der Waals surface area contributed by atoms with Crippen LogP contribution in [0.2, 0.25) is 0 Å². The number of hydrogen-bond donors (Lipinski definition) is 0. The van der Waals surface area contributed by atoms with Gasteiger partial charge in [-0.1, -0.05) is 19.1 Å². The highest BCUT2D eigenvalue weighted by Crippen LogP contribution is 2.42. The summed E-state index contributed by atoms with van der Waals surface area (Å²) in [4.78, 5) is 22.4. The number of carbonyl (C=O) groups excluding carboxylic acids is 1. The van der Waals surface area contributed by atoms with Gasteiger partial charge in [-0.05, 0) is 13.0 Å². The molecule has 144 valence electrons. The summed E-state index contributed by atoms with van der Waals surface area (Å²) in [7, 11) is 5.63. The fourth-order valence-corrected chi connectivity index (χ4v) is 2.63. The minimum absolute atomic E-state index is 0.115. The number of nitro benzene ring substituents is 1. The molecule has 1 aromatic rings. The largest absolute Gasteiger partial charge is 0.496 e. The average Bonchev–Trinajstić information content (AvgIpc) is 2.64. The molecule has 1 rings (SSSR count). The third kappa shape index (κ3) is 4.95. The molecule has 0 N–H and O–H groups in total. The second-order valence-corrected chi connectivity index (χ2v) is 5.74. The van der Waals surface area contributed by atoms with Crippen molar-refractivity contribution in [2.24, 2.45) is 11.8 Å². The van der Waals surface area contributed by atoms with Crippen molar-refractivity contribution in [3.05, 3.63) is 40.0 Å². The van der Waals surface area contributed by atoms with Crippen molar-refractivity contribution >= 4 is 11.7 Å². The van der Waals surface area contributed by atoms with E-state index in [4.69, 9.17) is 18.9 Å². The van der Waals surface area contributed by atoms with E-state index in [0.717, 1.165) is 0 Å². The van der Waals surface area contributed by atoms with Gasteiger partial charge in [-0.25, -0.2) is 0 Å². The molecule has 8 heteroatoms. The molecular formula is C18H25NO7. The average molecular weight is 367 g/mol. The maximum Gasteiger partial charge on any atom is 0.315 e. The first kappa shape index (κ1) is 21.4. The van der Waals surface area contributed by atoms with Crippen LogP contribution >= 0.6 is 0 Å². The van der Waals surface area contributed by atoms with Gasteiger partial charge in [0.25, 0.3) is 0 Å². The molecule has 0 radical (unpaired) electrons. The SMILES string of the molecule is COC(=O)[C@@H](C)/C=C/[C@@H](C)[C@H](OC)c1cc(OC)cc([N+](=O)[O-])c1OC. The smallest absolute Gasteiger partial charge is 0.315 e. The Morgan fingerprint density at radius 1 is 1.12 bits per heavy atom. The highest BCUT2D eigenvalue weighted by molar-refractivity contribution is 5.73. The third-order valence-corrected chi connectivity index (χ3v) is 4.02. The Labute approximate surface area is 152 Å². The lowest BCUT2D eigenvalue weighted by molar-refractivity contribution is -0.385. The summed E-state index contributed by atoms with van der Waals surface area (Å²) < 4.78 is 20.7. The summed E-state index contributed by atoms with van der Waals surface area (Å²) >= 11 is 0. The van der Waals surface area contributed by atoms with E-state index in [9.17, 15) is 14.9 Å². The minimum atomic E-state index is -0.542. The molecule has 0 aliphatic carbocycles. The zero-order valence-electron chi connectivity index (χ0n) is 15.8. The molecule has 8 nitrogen and oxygen atoms in total. The molecule has 0 aromatic heterocycles. The Bertz CT molecular complexity index is 672. The van der Waals surface area contributed by atoms with Gasteiger partial charge in [-0.2, -0.15) is 0 Å². The lowest BCUT2D eigenvalue weighted by Crippen LogP contribution is -2.14. The monoisotopic (exact) mass is 367 g/mol. The van der Waals surface area contributed by atoms with E-state index < -0.39 is 16.9 Å². The molecule has 3 atom stereocenters. The molecule has 0 aliphatic heterocycles. The maximum atomic E-state index is 11.5. The van der Waals surface area contributed by atoms with Crippen LogP contribution in [0.5, 0.6) is 11.5 Å². The number of carbonyl (C=O) groups is 1. The van der Waals surface area contributed by atoms with Gasteiger partial charge in [0.2, 0.25) is 5.75 Å². The molecule has 0 spiro atoms. The van der Waals surface area contributed by atoms with E-state index in [0.29, 0.717) is 11.3 Å². The van der Waals surface area contributed by atoms with E-state index in [1.807, 2.05) is 6.92 Å². The van der Waals surface area contributed by atoms with E-state index in [1.54, 1.807) is 25.1 Å². The number of ether oxygens (including phenoxy) is 4. The summed E-state index contributed by atoms with van der Waals surface area (Å²) in [6, 6.07) is 2.95. The van der Waals surface area contributed by atoms with Crippen LogP contribution in [-0.2, 0) is 14.3 Å². The summed E-state index contributed by atoms with van der Waals surface area (Å²) in [5.74, 6) is -0.524. The van der Waals surface area contributed by atoms with E-state index in [2.05, 4.69) is 0 Å². The zero-order chi connectivity index (χ0) is 19.9. The van der Waals surface area contributed by atoms with Crippen molar-refractivity contribution in [2.45, 2.75) is 20.0 Å². The molecule has 0 amide bonds. The van der Waals surface area contributed by atoms with Gasteiger partial charge in [0.15, 0.2) is 0 Å². The van der Waals surface area contributed by atoms with Crippen LogP contribution in [0.25, 0.3) is 0 Å². The quantitative estimate of drug-likeness (QED) is 0.286. The summed E-state index contributed by atoms with van der Waals surface area (Å²) in [5.41, 5.74) is 0.284. The van der Waals surface area contributed by atoms with Crippen LogP contribution in [0.1, 0.15) is 25.5 Å². The Kier molecular flexibility index (Phi) is 8.05. The summed E-state index contributed by atoms with van der Waals surface area (Å²) in [6.45, 7) is 3.59. The molecule has 0 bridgehead atoms. The highest BCUT2D eigenvalue weighted by atomic mass is 16.6. The first-order valence-electron chi connectivity index (χ1n) is 7.99. The number of benzene rings is 1. The third-order valence-electron chi connectivity index (χ3n) is 4.02. The first-order chi connectivity index (χ1) is 12.3. The van der Waals surface area contributed by atoms with Crippen molar-refractivity contribution in [3.8, 4) is 11.5 Å². The molecule has 0 saturated carbocycles. The first-order valence-corrected chi connectivity index (χ1v) is 7.99. The number of hydrogen-bond acceptors (Lipinski definition) is 7. The fraction of sp³-hybridized carbons (Fsp3) is 0.500. The molecule has 0 fully saturated rings. The number of esters is 1. The molecule has 0 saturated heterocycles. The van der Waals surface area contributed by atoms with Crippen LogP contribution < -0.4 is 9.47 Å². The number of nitro groups is 1. The predicted octanol–water partition coefficient (Wildman–Crippen LogP) is 3.30. The number of rotatable bonds is 9. The second-order valence-electron chi connectivity index (χ2n) is 5.74. The van der Waals surface area contributed by atoms with Gasteiger partial charge in [0.1, 0.15) is 5.75 Å².